The third-order valence-electron chi connectivity index (χ3n) is 6.16. The van der Waals surface area contributed by atoms with Gasteiger partial charge < -0.3 is 9.67 Å². The average molecular weight is 658 g/mol. The summed E-state index contributed by atoms with van der Waals surface area (Å²) < 4.78 is 2.25. The molecule has 1 heterocycles. The summed E-state index contributed by atoms with van der Waals surface area (Å²) in [6.07, 6.45) is 1.33. The van der Waals surface area contributed by atoms with Gasteiger partial charge in [-0.3, -0.25) is 9.78 Å². The van der Waals surface area contributed by atoms with Gasteiger partial charge in [0.15, 0.2) is 5.78 Å². The summed E-state index contributed by atoms with van der Waals surface area (Å²) in [5, 5.41) is 12.1. The monoisotopic (exact) mass is 658 g/mol. The number of imidazole rings is 1. The number of aliphatic hydroxyl groups excluding tert-OH is 1. The van der Waals surface area contributed by atoms with Crippen LogP contribution < -0.4 is 0 Å². The molecule has 1 radical (unpaired) electrons. The number of nitrogens with zero attached hydrogens (tertiary/aromatic N) is 2. The van der Waals surface area contributed by atoms with Gasteiger partial charge in [-0.05, 0) is 24.6 Å². The van der Waals surface area contributed by atoms with Gasteiger partial charge in [0.1, 0.15) is 5.76 Å². The van der Waals surface area contributed by atoms with Gasteiger partial charge in [-0.25, -0.2) is 0 Å². The number of aromatic nitrogens is 2. The van der Waals surface area contributed by atoms with Gasteiger partial charge in [-0.2, -0.15) is 0 Å². The number of hydrogen-bond donors (Lipinski definition) is 1. The largest absolute Gasteiger partial charge is 0.512 e. The molecular formula is C31H33IrN2O2-. The fraction of sp³-hybridized carbons (Fsp3) is 0.290. The van der Waals surface area contributed by atoms with Crippen molar-refractivity contribution in [1.82, 2.24) is 9.55 Å². The van der Waals surface area contributed by atoms with Crippen molar-refractivity contribution in [3.05, 3.63) is 84.4 Å². The molecule has 36 heavy (non-hydrogen) atoms. The van der Waals surface area contributed by atoms with Gasteiger partial charge in [0.2, 0.25) is 0 Å². The Balaban J connectivity index is 0.000000226. The van der Waals surface area contributed by atoms with Crippen LogP contribution in [0.5, 0.6) is 0 Å². The summed E-state index contributed by atoms with van der Waals surface area (Å²) in [6.45, 7) is 13.2. The Morgan fingerprint density at radius 2 is 1.61 bits per heavy atom. The molecule has 5 heteroatoms. The average Bonchev–Trinajstić information content (AvgIpc) is 3.29. The first-order chi connectivity index (χ1) is 16.4. The Kier molecular flexibility index (Phi) is 7.78. The van der Waals surface area contributed by atoms with E-state index in [-0.39, 0.29) is 37.1 Å². The molecule has 4 aromatic rings. The number of carbonyl (C=O) groups is 1. The van der Waals surface area contributed by atoms with E-state index in [9.17, 15) is 9.90 Å². The number of benzene rings is 3. The van der Waals surface area contributed by atoms with Crippen LogP contribution in [0.3, 0.4) is 0 Å². The third-order valence-corrected chi connectivity index (χ3v) is 6.16. The number of hydrogen-bond acceptors (Lipinski definition) is 3. The predicted molar refractivity (Wildman–Crippen MR) is 144 cm³/mol. The van der Waals surface area contributed by atoms with E-state index in [0.717, 1.165) is 22.8 Å². The molecule has 0 bridgehead atoms. The molecule has 0 amide bonds. The predicted octanol–water partition coefficient (Wildman–Crippen LogP) is 7.87. The second kappa shape index (κ2) is 10.2. The van der Waals surface area contributed by atoms with Gasteiger partial charge in [-0.1, -0.05) is 83.3 Å². The van der Waals surface area contributed by atoms with Gasteiger partial charge in [0.05, 0.1) is 5.82 Å². The molecular weight excluding hydrogens is 625 g/mol. The quantitative estimate of drug-likeness (QED) is 0.120. The molecule has 1 aliphatic carbocycles. The molecule has 1 aromatic heterocycles. The van der Waals surface area contributed by atoms with Crippen LogP contribution in [0, 0.1) is 23.8 Å². The van der Waals surface area contributed by atoms with Crippen molar-refractivity contribution in [3.63, 3.8) is 0 Å². The van der Waals surface area contributed by atoms with Crippen molar-refractivity contribution < 1.29 is 30.0 Å². The molecule has 1 N–H and O–H groups in total. The molecule has 0 fully saturated rings. The molecule has 4 nitrogen and oxygen atoms in total. The van der Waals surface area contributed by atoms with Gasteiger partial charge in [-0.15, -0.1) is 29.1 Å². The minimum absolute atomic E-state index is 0. The van der Waals surface area contributed by atoms with Crippen molar-refractivity contribution in [1.29, 1.82) is 0 Å². The summed E-state index contributed by atoms with van der Waals surface area (Å²) in [5.41, 5.74) is 5.00. The zero-order valence-corrected chi connectivity index (χ0v) is 24.3. The first kappa shape index (κ1) is 27.6. The third kappa shape index (κ3) is 5.23. The Morgan fingerprint density at radius 1 is 0.944 bits per heavy atom. The van der Waals surface area contributed by atoms with E-state index < -0.39 is 5.41 Å². The second-order valence-electron chi connectivity index (χ2n) is 11.0. The number of fused-ring (bicyclic) bond motifs is 3. The molecule has 0 unspecified atom stereocenters. The minimum Gasteiger partial charge on any atom is -0.512 e. The Bertz CT molecular complexity index is 1430. The number of rotatable bonds is 2. The smallest absolute Gasteiger partial charge is 0.164 e. The molecule has 189 valence electrons. The molecule has 3 aromatic carbocycles. The maximum Gasteiger partial charge on any atom is 0.164 e. The normalized spacial score (nSPS) is 12.5. The molecule has 1 aliphatic rings. The number of allylic oxidation sites excluding steroid dienone is 2. The first-order valence-electron chi connectivity index (χ1n) is 11.9. The van der Waals surface area contributed by atoms with Gasteiger partial charge in [0.25, 0.3) is 0 Å². The Morgan fingerprint density at radius 3 is 2.22 bits per heavy atom. The van der Waals surface area contributed by atoms with E-state index >= 15 is 0 Å². The molecule has 0 atom stereocenters. The van der Waals surface area contributed by atoms with Crippen molar-refractivity contribution in [2.45, 2.75) is 48.5 Å². The fourth-order valence-corrected chi connectivity index (χ4v) is 4.06. The van der Waals surface area contributed by atoms with Crippen molar-refractivity contribution in [3.8, 4) is 28.2 Å². The summed E-state index contributed by atoms with van der Waals surface area (Å²) in [5.74, 6) is 1.11. The van der Waals surface area contributed by atoms with Crippen molar-refractivity contribution in [2.75, 3.05) is 0 Å². The number of aryl methyl sites for hydroxylation is 1. The van der Waals surface area contributed by atoms with Crippen molar-refractivity contribution >= 4 is 16.6 Å². The Labute approximate surface area is 227 Å². The summed E-state index contributed by atoms with van der Waals surface area (Å²) in [4.78, 5) is 16.3. The number of aliphatic hydroxyl groups is 1. The molecule has 5 rings (SSSR count). The maximum absolute atomic E-state index is 11.5. The zero-order valence-electron chi connectivity index (χ0n) is 21.9. The zero-order chi connectivity index (χ0) is 25.5. The van der Waals surface area contributed by atoms with Crippen molar-refractivity contribution in [2.24, 2.45) is 10.8 Å². The van der Waals surface area contributed by atoms with Crippen LogP contribution >= 0.6 is 0 Å². The Hall–Kier alpha value is -3.01. The number of para-hydroxylation sites is 1. The summed E-state index contributed by atoms with van der Waals surface area (Å²) >= 11 is 0. The SMILES string of the molecule is CC(C)(C)C(=O)/C=C(\O)C(C)(C)C.Cc1nc2c(n1-c1ccccc1)-c1cccc3cc[c-]c-2c13.[Ir]. The second-order valence-corrected chi connectivity index (χ2v) is 11.0. The minimum atomic E-state index is -0.417. The fourth-order valence-electron chi connectivity index (χ4n) is 4.06. The van der Waals surface area contributed by atoms with Gasteiger partial charge in [0, 0.05) is 54.1 Å². The van der Waals surface area contributed by atoms with Gasteiger partial charge >= 0.3 is 0 Å². The number of ketones is 1. The van der Waals surface area contributed by atoms with E-state index in [1.807, 2.05) is 53.7 Å². The van der Waals surface area contributed by atoms with E-state index in [1.165, 1.54) is 28.1 Å². The summed E-state index contributed by atoms with van der Waals surface area (Å²) in [6, 6.07) is 24.4. The number of carbonyl (C=O) groups excluding carboxylic acids is 1. The van der Waals surface area contributed by atoms with Crippen LogP contribution in [0.15, 0.2) is 72.5 Å². The van der Waals surface area contributed by atoms with E-state index in [0.29, 0.717) is 0 Å². The van der Waals surface area contributed by atoms with Crippen LogP contribution in [0.25, 0.3) is 39.0 Å². The van der Waals surface area contributed by atoms with Crippen LogP contribution in [-0.2, 0) is 24.9 Å². The molecule has 0 spiro atoms. The van der Waals surface area contributed by atoms with E-state index in [4.69, 9.17) is 4.98 Å². The van der Waals surface area contributed by atoms with Crippen LogP contribution in [0.4, 0.5) is 0 Å². The topological polar surface area (TPSA) is 55.1 Å². The standard InChI is InChI=1S/C20H13N2.C11H20O2.Ir/c1-13-21-19-16-11-5-7-14-8-6-12-17(18(14)16)20(19)22(13)15-9-3-2-4-10-15;1-10(2,3)8(12)7-9(13)11(4,5)6;/h2-10,12H,1H3;7,12H,1-6H3;/q-1;;/b;8-7-;. The van der Waals surface area contributed by atoms with Crippen LogP contribution in [-0.4, -0.2) is 20.4 Å². The van der Waals surface area contributed by atoms with Crippen LogP contribution in [0.1, 0.15) is 47.4 Å². The first-order valence-corrected chi connectivity index (χ1v) is 11.9. The maximum atomic E-state index is 11.5. The van der Waals surface area contributed by atoms with E-state index in [1.54, 1.807) is 0 Å². The summed E-state index contributed by atoms with van der Waals surface area (Å²) in [7, 11) is 0. The van der Waals surface area contributed by atoms with Crippen LogP contribution in [0.2, 0.25) is 0 Å². The molecule has 0 saturated heterocycles. The molecule has 0 saturated carbocycles. The van der Waals surface area contributed by atoms with E-state index in [2.05, 4.69) is 66.1 Å². The molecule has 0 aliphatic heterocycles.